The third-order valence-corrected chi connectivity index (χ3v) is 3.21. The summed E-state index contributed by atoms with van der Waals surface area (Å²) in [6.45, 7) is 3.71. The van der Waals surface area contributed by atoms with Crippen LogP contribution in [-0.2, 0) is 0 Å². The second kappa shape index (κ2) is 5.65. The molecule has 0 radical (unpaired) electrons. The number of nitrogens with two attached hydrogens (primary N) is 1. The number of nitrogen functional groups attached to an aromatic ring is 1. The number of aryl methyl sites for hydroxylation is 1. The second-order valence-corrected chi connectivity index (χ2v) is 4.84. The van der Waals surface area contributed by atoms with Gasteiger partial charge in [0.05, 0.1) is 11.6 Å². The fourth-order valence-corrected chi connectivity index (χ4v) is 2.09. The van der Waals surface area contributed by atoms with Crippen molar-refractivity contribution < 1.29 is 9.90 Å². The molecule has 4 N–H and O–H groups in total. The van der Waals surface area contributed by atoms with Crippen molar-refractivity contribution in [3.63, 3.8) is 0 Å². The summed E-state index contributed by atoms with van der Waals surface area (Å²) in [5, 5.41) is 12.6. The maximum Gasteiger partial charge on any atom is 0.255 e. The van der Waals surface area contributed by atoms with E-state index < -0.39 is 0 Å². The third-order valence-electron chi connectivity index (χ3n) is 3.21. The zero-order valence-electron chi connectivity index (χ0n) is 11.6. The maximum atomic E-state index is 12.2. The number of carbonyl (C=O) groups is 1. The Morgan fingerprint density at radius 3 is 2.60 bits per heavy atom. The predicted octanol–water partition coefficient (Wildman–Crippen LogP) is 2.77. The van der Waals surface area contributed by atoms with Crippen molar-refractivity contribution in [2.45, 2.75) is 19.9 Å². The molecule has 0 bridgehead atoms. The smallest absolute Gasteiger partial charge is 0.255 e. The average molecular weight is 270 g/mol. The Bertz CT molecular complexity index is 638. The Labute approximate surface area is 118 Å². The molecule has 0 heterocycles. The van der Waals surface area contributed by atoms with Crippen LogP contribution in [0.3, 0.4) is 0 Å². The molecule has 2 aromatic carbocycles. The summed E-state index contributed by atoms with van der Waals surface area (Å²) in [4.78, 5) is 12.2. The van der Waals surface area contributed by atoms with Crippen LogP contribution in [-0.4, -0.2) is 11.0 Å². The van der Waals surface area contributed by atoms with Crippen LogP contribution in [0.25, 0.3) is 0 Å². The van der Waals surface area contributed by atoms with Gasteiger partial charge in [-0.1, -0.05) is 24.3 Å². The Kier molecular flexibility index (Phi) is 3.94. The van der Waals surface area contributed by atoms with E-state index in [1.54, 1.807) is 24.3 Å². The van der Waals surface area contributed by atoms with Gasteiger partial charge in [-0.3, -0.25) is 4.79 Å². The minimum absolute atomic E-state index is 0.0178. The highest BCUT2D eigenvalue weighted by Gasteiger charge is 2.15. The van der Waals surface area contributed by atoms with Crippen molar-refractivity contribution in [3.05, 3.63) is 59.2 Å². The highest BCUT2D eigenvalue weighted by atomic mass is 16.3. The summed E-state index contributed by atoms with van der Waals surface area (Å²) in [7, 11) is 0. The van der Waals surface area contributed by atoms with Crippen LogP contribution >= 0.6 is 0 Å². The van der Waals surface area contributed by atoms with Gasteiger partial charge in [0.25, 0.3) is 5.91 Å². The van der Waals surface area contributed by atoms with E-state index in [9.17, 15) is 9.90 Å². The lowest BCUT2D eigenvalue weighted by atomic mass is 10.1. The van der Waals surface area contributed by atoms with Crippen molar-refractivity contribution in [1.29, 1.82) is 0 Å². The number of hydrogen-bond donors (Lipinski definition) is 3. The van der Waals surface area contributed by atoms with Gasteiger partial charge in [0.15, 0.2) is 0 Å². The van der Waals surface area contributed by atoms with Gasteiger partial charge in [0.2, 0.25) is 0 Å². The summed E-state index contributed by atoms with van der Waals surface area (Å²) >= 11 is 0. The van der Waals surface area contributed by atoms with Crippen molar-refractivity contribution >= 4 is 11.6 Å². The lowest BCUT2D eigenvalue weighted by molar-refractivity contribution is 0.0937. The van der Waals surface area contributed by atoms with Gasteiger partial charge in [-0.25, -0.2) is 0 Å². The molecule has 1 atom stereocenters. The number of para-hydroxylation sites is 1. The summed E-state index contributed by atoms with van der Waals surface area (Å²) in [6, 6.07) is 12.1. The van der Waals surface area contributed by atoms with Crippen molar-refractivity contribution in [3.8, 4) is 5.75 Å². The molecule has 0 aliphatic heterocycles. The van der Waals surface area contributed by atoms with Crippen LogP contribution in [0.1, 0.15) is 34.5 Å². The van der Waals surface area contributed by atoms with Crippen LogP contribution in [0.4, 0.5) is 5.69 Å². The van der Waals surface area contributed by atoms with Crippen LogP contribution in [0.15, 0.2) is 42.5 Å². The molecule has 1 unspecified atom stereocenters. The van der Waals surface area contributed by atoms with Gasteiger partial charge in [-0.15, -0.1) is 0 Å². The number of aromatic hydroxyl groups is 1. The van der Waals surface area contributed by atoms with Gasteiger partial charge in [0, 0.05) is 5.69 Å². The molecule has 0 aromatic heterocycles. The molecular weight excluding hydrogens is 252 g/mol. The van der Waals surface area contributed by atoms with E-state index in [1.807, 2.05) is 32.0 Å². The number of anilines is 1. The molecule has 20 heavy (non-hydrogen) atoms. The van der Waals surface area contributed by atoms with Crippen LogP contribution < -0.4 is 11.1 Å². The Balaban J connectivity index is 2.17. The van der Waals surface area contributed by atoms with Crippen LogP contribution in [0.2, 0.25) is 0 Å². The predicted molar refractivity (Wildman–Crippen MR) is 79.6 cm³/mol. The molecular formula is C16H18N2O2. The molecule has 0 spiro atoms. The molecule has 0 fully saturated rings. The van der Waals surface area contributed by atoms with E-state index in [0.717, 1.165) is 11.1 Å². The minimum atomic E-state index is -0.321. The number of nitrogens with one attached hydrogen (secondary N) is 1. The molecule has 104 valence electrons. The standard InChI is InChI=1S/C16H18N2O2/c1-10-7-8-13(15(19)9-10)16(20)18-11(2)12-5-3-4-6-14(12)17/h3-9,11,19H,17H2,1-2H3,(H,18,20). The zero-order chi connectivity index (χ0) is 14.7. The van der Waals surface area contributed by atoms with E-state index in [0.29, 0.717) is 5.69 Å². The first-order valence-electron chi connectivity index (χ1n) is 6.44. The Morgan fingerprint density at radius 2 is 1.95 bits per heavy atom. The summed E-state index contributed by atoms with van der Waals surface area (Å²) < 4.78 is 0. The molecule has 0 aliphatic carbocycles. The van der Waals surface area contributed by atoms with E-state index in [4.69, 9.17) is 5.73 Å². The quantitative estimate of drug-likeness (QED) is 0.751. The number of phenolic OH excluding ortho intramolecular Hbond substituents is 1. The Hall–Kier alpha value is -2.49. The largest absolute Gasteiger partial charge is 0.507 e. The normalized spacial score (nSPS) is 11.9. The lowest BCUT2D eigenvalue weighted by Gasteiger charge is -2.16. The van der Waals surface area contributed by atoms with E-state index in [1.165, 1.54) is 0 Å². The van der Waals surface area contributed by atoms with E-state index in [-0.39, 0.29) is 23.3 Å². The first-order valence-corrected chi connectivity index (χ1v) is 6.44. The van der Waals surface area contributed by atoms with Gasteiger partial charge < -0.3 is 16.2 Å². The third kappa shape index (κ3) is 2.91. The molecule has 1 amide bonds. The van der Waals surface area contributed by atoms with Crippen LogP contribution in [0, 0.1) is 6.92 Å². The first-order chi connectivity index (χ1) is 9.49. The lowest BCUT2D eigenvalue weighted by Crippen LogP contribution is -2.27. The van der Waals surface area contributed by atoms with Gasteiger partial charge in [0.1, 0.15) is 5.75 Å². The number of amides is 1. The van der Waals surface area contributed by atoms with Crippen LogP contribution in [0.5, 0.6) is 5.75 Å². The monoisotopic (exact) mass is 270 g/mol. The highest BCUT2D eigenvalue weighted by molar-refractivity contribution is 5.97. The van der Waals surface area contributed by atoms with Gasteiger partial charge >= 0.3 is 0 Å². The number of hydrogen-bond acceptors (Lipinski definition) is 3. The molecule has 0 saturated carbocycles. The molecule has 2 rings (SSSR count). The summed E-state index contributed by atoms with van der Waals surface area (Å²) in [5.41, 5.74) is 8.54. The maximum absolute atomic E-state index is 12.2. The number of rotatable bonds is 3. The highest BCUT2D eigenvalue weighted by Crippen LogP contribution is 2.22. The van der Waals surface area contributed by atoms with E-state index >= 15 is 0 Å². The number of benzene rings is 2. The van der Waals surface area contributed by atoms with Gasteiger partial charge in [-0.05, 0) is 43.2 Å². The van der Waals surface area contributed by atoms with Gasteiger partial charge in [-0.2, -0.15) is 0 Å². The van der Waals surface area contributed by atoms with Crippen molar-refractivity contribution in [2.24, 2.45) is 0 Å². The first kappa shape index (κ1) is 13.9. The molecule has 4 heteroatoms. The molecule has 2 aromatic rings. The molecule has 4 nitrogen and oxygen atoms in total. The van der Waals surface area contributed by atoms with Crippen molar-refractivity contribution in [1.82, 2.24) is 5.32 Å². The topological polar surface area (TPSA) is 75.4 Å². The SMILES string of the molecule is Cc1ccc(C(=O)NC(C)c2ccccc2N)c(O)c1. The fourth-order valence-electron chi connectivity index (χ4n) is 2.09. The summed E-state index contributed by atoms with van der Waals surface area (Å²) in [6.07, 6.45) is 0. The number of phenols is 1. The van der Waals surface area contributed by atoms with E-state index in [2.05, 4.69) is 5.32 Å². The minimum Gasteiger partial charge on any atom is -0.507 e. The zero-order valence-corrected chi connectivity index (χ0v) is 11.6. The molecule has 0 aliphatic rings. The molecule has 0 saturated heterocycles. The average Bonchev–Trinajstić information content (AvgIpc) is 2.38. The fraction of sp³-hybridized carbons (Fsp3) is 0.188. The van der Waals surface area contributed by atoms with Crippen molar-refractivity contribution in [2.75, 3.05) is 5.73 Å². The summed E-state index contributed by atoms with van der Waals surface area (Å²) in [5.74, 6) is -0.339. The Morgan fingerprint density at radius 1 is 1.25 bits per heavy atom. The number of carbonyl (C=O) groups excluding carboxylic acids is 1. The second-order valence-electron chi connectivity index (χ2n) is 4.84.